The Morgan fingerprint density at radius 1 is 0.962 bits per heavy atom. The number of sulfonamides is 1. The van der Waals surface area contributed by atoms with Crippen LogP contribution in [0.2, 0.25) is 0 Å². The number of aryl methyl sites for hydroxylation is 1. The Morgan fingerprint density at radius 2 is 1.62 bits per heavy atom. The summed E-state index contributed by atoms with van der Waals surface area (Å²) in [7, 11) is -3.94. The van der Waals surface area contributed by atoms with E-state index in [4.69, 9.17) is 4.42 Å². The van der Waals surface area contributed by atoms with E-state index in [-0.39, 0.29) is 22.0 Å². The number of hydrogen-bond acceptors (Lipinski definition) is 4. The van der Waals surface area contributed by atoms with Gasteiger partial charge in [0, 0.05) is 0 Å². The molecule has 0 atom stereocenters. The first-order valence-corrected chi connectivity index (χ1v) is 9.09. The molecule has 2 N–H and O–H groups in total. The van der Waals surface area contributed by atoms with Crippen LogP contribution in [0, 0.1) is 12.7 Å². The summed E-state index contributed by atoms with van der Waals surface area (Å²) in [6.45, 7) is 1.71. The number of hydrogen-bond donors (Lipinski definition) is 2. The number of halogens is 1. The topological polar surface area (TPSA) is 88.4 Å². The number of rotatable bonds is 5. The third-order valence-electron chi connectivity index (χ3n) is 3.51. The molecule has 8 heteroatoms. The maximum Gasteiger partial charge on any atom is 0.291 e. The maximum atomic E-state index is 13.0. The van der Waals surface area contributed by atoms with E-state index in [2.05, 4.69) is 10.0 Å². The van der Waals surface area contributed by atoms with Gasteiger partial charge < -0.3 is 9.73 Å². The van der Waals surface area contributed by atoms with Gasteiger partial charge in [-0.3, -0.25) is 9.52 Å². The Bertz CT molecular complexity index is 1040. The molecule has 26 heavy (non-hydrogen) atoms. The summed E-state index contributed by atoms with van der Waals surface area (Å²) in [5.74, 6) is -0.351. The fourth-order valence-corrected chi connectivity index (χ4v) is 3.32. The molecule has 134 valence electrons. The molecular formula is C18H15FN2O4S. The number of para-hydroxylation sites is 2. The third kappa shape index (κ3) is 3.92. The molecule has 0 fully saturated rings. The van der Waals surface area contributed by atoms with E-state index in [1.165, 1.54) is 12.1 Å². The van der Waals surface area contributed by atoms with Gasteiger partial charge in [-0.25, -0.2) is 12.8 Å². The molecule has 2 aromatic carbocycles. The van der Waals surface area contributed by atoms with Crippen molar-refractivity contribution in [1.82, 2.24) is 0 Å². The predicted molar refractivity (Wildman–Crippen MR) is 95.0 cm³/mol. The predicted octanol–water partition coefficient (Wildman–Crippen LogP) is 3.78. The first-order valence-electron chi connectivity index (χ1n) is 7.60. The van der Waals surface area contributed by atoms with Crippen LogP contribution in [0.1, 0.15) is 16.3 Å². The Kier molecular flexibility index (Phi) is 4.77. The zero-order valence-electron chi connectivity index (χ0n) is 13.7. The van der Waals surface area contributed by atoms with Crippen LogP contribution >= 0.6 is 0 Å². The number of carbonyl (C=O) groups excluding carboxylic acids is 1. The lowest BCUT2D eigenvalue weighted by molar-refractivity contribution is 0.0995. The van der Waals surface area contributed by atoms with Gasteiger partial charge in [-0.1, -0.05) is 12.1 Å². The quantitative estimate of drug-likeness (QED) is 0.711. The first kappa shape index (κ1) is 17.7. The van der Waals surface area contributed by atoms with Gasteiger partial charge in [0.2, 0.25) is 0 Å². The van der Waals surface area contributed by atoms with Crippen molar-refractivity contribution in [2.24, 2.45) is 0 Å². The Balaban J connectivity index is 1.85. The standard InChI is InChI=1S/C18H15FN2O4S/c1-12-6-11-17(25-12)18(22)20-15-4-2-3-5-16(15)21-26(23,24)14-9-7-13(19)8-10-14/h2-11,21H,1H3,(H,20,22). The Hall–Kier alpha value is -3.13. The molecule has 1 amide bonds. The summed E-state index contributed by atoms with van der Waals surface area (Å²) in [5.41, 5.74) is 0.436. The molecular weight excluding hydrogens is 359 g/mol. The van der Waals surface area contributed by atoms with Crippen LogP contribution in [-0.4, -0.2) is 14.3 Å². The summed E-state index contributed by atoms with van der Waals surface area (Å²) >= 11 is 0. The lowest BCUT2D eigenvalue weighted by Gasteiger charge is -2.13. The van der Waals surface area contributed by atoms with Crippen molar-refractivity contribution < 1.29 is 22.0 Å². The van der Waals surface area contributed by atoms with Crippen molar-refractivity contribution in [3.05, 3.63) is 78.0 Å². The van der Waals surface area contributed by atoms with Crippen molar-refractivity contribution in [3.8, 4) is 0 Å². The van der Waals surface area contributed by atoms with Gasteiger partial charge in [0.1, 0.15) is 11.6 Å². The minimum Gasteiger partial charge on any atom is -0.456 e. The minimum absolute atomic E-state index is 0.0957. The molecule has 0 saturated carbocycles. The van der Waals surface area contributed by atoms with Gasteiger partial charge in [-0.05, 0) is 55.5 Å². The highest BCUT2D eigenvalue weighted by Gasteiger charge is 2.18. The SMILES string of the molecule is Cc1ccc(C(=O)Nc2ccccc2NS(=O)(=O)c2ccc(F)cc2)o1. The van der Waals surface area contributed by atoms with Gasteiger partial charge in [-0.15, -0.1) is 0 Å². The number of amides is 1. The van der Waals surface area contributed by atoms with Gasteiger partial charge in [0.15, 0.2) is 5.76 Å². The number of anilines is 2. The smallest absolute Gasteiger partial charge is 0.291 e. The second kappa shape index (κ2) is 7.01. The van der Waals surface area contributed by atoms with E-state index in [1.54, 1.807) is 31.2 Å². The monoisotopic (exact) mass is 374 g/mol. The third-order valence-corrected chi connectivity index (χ3v) is 4.89. The molecule has 1 aromatic heterocycles. The van der Waals surface area contributed by atoms with Crippen LogP contribution in [0.25, 0.3) is 0 Å². The summed E-state index contributed by atoms with van der Waals surface area (Å²) in [6, 6.07) is 13.9. The highest BCUT2D eigenvalue weighted by atomic mass is 32.2. The Labute approximate surface area is 149 Å². The van der Waals surface area contributed by atoms with Gasteiger partial charge in [0.25, 0.3) is 15.9 Å². The molecule has 0 unspecified atom stereocenters. The molecule has 3 aromatic rings. The van der Waals surface area contributed by atoms with E-state index in [1.807, 2.05) is 0 Å². The fourth-order valence-electron chi connectivity index (χ4n) is 2.24. The van der Waals surface area contributed by atoms with Gasteiger partial charge >= 0.3 is 0 Å². The maximum absolute atomic E-state index is 13.0. The van der Waals surface area contributed by atoms with Crippen LogP contribution < -0.4 is 10.0 Å². The second-order valence-electron chi connectivity index (χ2n) is 5.47. The van der Waals surface area contributed by atoms with Crippen LogP contribution in [0.3, 0.4) is 0 Å². The number of benzene rings is 2. The zero-order valence-corrected chi connectivity index (χ0v) is 14.5. The van der Waals surface area contributed by atoms with Crippen molar-refractivity contribution in [3.63, 3.8) is 0 Å². The second-order valence-corrected chi connectivity index (χ2v) is 7.15. The normalized spacial score (nSPS) is 11.2. The average molecular weight is 374 g/mol. The minimum atomic E-state index is -3.94. The molecule has 0 saturated heterocycles. The van der Waals surface area contributed by atoms with Crippen molar-refractivity contribution in [1.29, 1.82) is 0 Å². The lowest BCUT2D eigenvalue weighted by Crippen LogP contribution is -2.17. The Morgan fingerprint density at radius 3 is 2.23 bits per heavy atom. The summed E-state index contributed by atoms with van der Waals surface area (Å²) < 4.78 is 45.6. The van der Waals surface area contributed by atoms with Crippen LogP contribution in [0.4, 0.5) is 15.8 Å². The molecule has 0 spiro atoms. The van der Waals surface area contributed by atoms with Crippen molar-refractivity contribution >= 4 is 27.3 Å². The van der Waals surface area contributed by atoms with Crippen LogP contribution in [-0.2, 0) is 10.0 Å². The average Bonchev–Trinajstić information content (AvgIpc) is 3.03. The first-order chi connectivity index (χ1) is 12.3. The van der Waals surface area contributed by atoms with Crippen LogP contribution in [0.5, 0.6) is 0 Å². The highest BCUT2D eigenvalue weighted by molar-refractivity contribution is 7.92. The van der Waals surface area contributed by atoms with E-state index < -0.39 is 21.7 Å². The molecule has 1 heterocycles. The van der Waals surface area contributed by atoms with E-state index in [0.717, 1.165) is 24.3 Å². The van der Waals surface area contributed by atoms with Gasteiger partial charge in [-0.2, -0.15) is 0 Å². The van der Waals surface area contributed by atoms with E-state index >= 15 is 0 Å². The summed E-state index contributed by atoms with van der Waals surface area (Å²) in [4.78, 5) is 12.1. The molecule has 0 aliphatic heterocycles. The molecule has 6 nitrogen and oxygen atoms in total. The molecule has 0 radical (unpaired) electrons. The van der Waals surface area contributed by atoms with E-state index in [0.29, 0.717) is 5.76 Å². The number of carbonyl (C=O) groups is 1. The van der Waals surface area contributed by atoms with Crippen molar-refractivity contribution in [2.75, 3.05) is 10.0 Å². The molecule has 0 bridgehead atoms. The van der Waals surface area contributed by atoms with Crippen molar-refractivity contribution in [2.45, 2.75) is 11.8 Å². The fraction of sp³-hybridized carbons (Fsp3) is 0.0556. The molecule has 0 aliphatic carbocycles. The largest absolute Gasteiger partial charge is 0.456 e. The summed E-state index contributed by atoms with van der Waals surface area (Å²) in [5, 5.41) is 2.60. The summed E-state index contributed by atoms with van der Waals surface area (Å²) in [6.07, 6.45) is 0. The van der Waals surface area contributed by atoms with Crippen LogP contribution in [0.15, 0.2) is 70.0 Å². The number of nitrogens with one attached hydrogen (secondary N) is 2. The zero-order chi connectivity index (χ0) is 18.7. The number of furan rings is 1. The highest BCUT2D eigenvalue weighted by Crippen LogP contribution is 2.25. The van der Waals surface area contributed by atoms with E-state index in [9.17, 15) is 17.6 Å². The lowest BCUT2D eigenvalue weighted by atomic mass is 10.2. The molecule has 0 aliphatic rings. The van der Waals surface area contributed by atoms with Gasteiger partial charge in [0.05, 0.1) is 16.3 Å². The molecule has 3 rings (SSSR count).